The monoisotopic (exact) mass is 277 g/mol. The largest absolute Gasteiger partial charge is 0.481 e. The molecule has 1 N–H and O–H groups in total. The van der Waals surface area contributed by atoms with Crippen molar-refractivity contribution in [2.24, 2.45) is 0 Å². The number of fused-ring (bicyclic) bond motifs is 1. The number of aliphatic carboxylic acids is 1. The Morgan fingerprint density at radius 1 is 1.40 bits per heavy atom. The summed E-state index contributed by atoms with van der Waals surface area (Å²) in [5.41, 5.74) is 1.41. The molecule has 0 aliphatic carbocycles. The standard InChI is InChI=1S/C15H19NO4/c1-10(2)20-8-7-14(17)16-9-12(15(18)19)11-5-3-4-6-13(11)16/h3-6,10,12H,7-9H2,1-2H3,(H,18,19). The van der Waals surface area contributed by atoms with Crippen LogP contribution in [0.15, 0.2) is 24.3 Å². The lowest BCUT2D eigenvalue weighted by atomic mass is 10.0. The second-order valence-electron chi connectivity index (χ2n) is 5.12. The molecule has 5 nitrogen and oxygen atoms in total. The molecule has 0 fully saturated rings. The zero-order valence-corrected chi connectivity index (χ0v) is 11.7. The van der Waals surface area contributed by atoms with Gasteiger partial charge in [0.25, 0.3) is 0 Å². The number of carboxylic acids is 1. The van der Waals surface area contributed by atoms with E-state index in [4.69, 9.17) is 4.74 Å². The number of hydrogen-bond acceptors (Lipinski definition) is 3. The molecule has 0 saturated carbocycles. The van der Waals surface area contributed by atoms with Crippen molar-refractivity contribution in [3.63, 3.8) is 0 Å². The fourth-order valence-corrected chi connectivity index (χ4v) is 2.37. The number of carbonyl (C=O) groups excluding carboxylic acids is 1. The first-order chi connectivity index (χ1) is 9.50. The van der Waals surface area contributed by atoms with Crippen LogP contribution in [0, 0.1) is 0 Å². The minimum Gasteiger partial charge on any atom is -0.481 e. The summed E-state index contributed by atoms with van der Waals surface area (Å²) < 4.78 is 5.37. The van der Waals surface area contributed by atoms with E-state index in [0.717, 1.165) is 0 Å². The Morgan fingerprint density at radius 3 is 2.75 bits per heavy atom. The molecule has 1 aromatic rings. The summed E-state index contributed by atoms with van der Waals surface area (Å²) in [6.45, 7) is 4.38. The van der Waals surface area contributed by atoms with E-state index in [0.29, 0.717) is 17.9 Å². The quantitative estimate of drug-likeness (QED) is 0.894. The van der Waals surface area contributed by atoms with Gasteiger partial charge in [0.05, 0.1) is 19.1 Å². The number of benzene rings is 1. The van der Waals surface area contributed by atoms with Crippen molar-refractivity contribution in [1.29, 1.82) is 0 Å². The van der Waals surface area contributed by atoms with Gasteiger partial charge in [-0.25, -0.2) is 0 Å². The minimum atomic E-state index is -0.897. The van der Waals surface area contributed by atoms with Crippen LogP contribution in [-0.4, -0.2) is 36.2 Å². The number of ether oxygens (including phenoxy) is 1. The van der Waals surface area contributed by atoms with Gasteiger partial charge < -0.3 is 14.7 Å². The molecule has 1 atom stereocenters. The highest BCUT2D eigenvalue weighted by molar-refractivity contribution is 5.98. The van der Waals surface area contributed by atoms with Gasteiger partial charge in [0.1, 0.15) is 5.92 Å². The summed E-state index contributed by atoms with van der Waals surface area (Å²) in [6.07, 6.45) is 0.346. The lowest BCUT2D eigenvalue weighted by molar-refractivity contribution is -0.138. The molecular weight excluding hydrogens is 258 g/mol. The second-order valence-corrected chi connectivity index (χ2v) is 5.12. The van der Waals surface area contributed by atoms with Crippen molar-refractivity contribution in [3.8, 4) is 0 Å². The topological polar surface area (TPSA) is 66.8 Å². The maximum absolute atomic E-state index is 12.2. The Kier molecular flexibility index (Phi) is 4.39. The van der Waals surface area contributed by atoms with Gasteiger partial charge >= 0.3 is 5.97 Å². The van der Waals surface area contributed by atoms with E-state index in [9.17, 15) is 14.7 Å². The van der Waals surface area contributed by atoms with E-state index in [1.807, 2.05) is 19.9 Å². The first kappa shape index (κ1) is 14.5. The highest BCUT2D eigenvalue weighted by atomic mass is 16.5. The zero-order chi connectivity index (χ0) is 14.7. The molecule has 1 unspecified atom stereocenters. The first-order valence-corrected chi connectivity index (χ1v) is 6.74. The smallest absolute Gasteiger partial charge is 0.312 e. The predicted octanol–water partition coefficient (Wildman–Crippen LogP) is 2.02. The van der Waals surface area contributed by atoms with Gasteiger partial charge in [-0.2, -0.15) is 0 Å². The van der Waals surface area contributed by atoms with E-state index in [1.165, 1.54) is 0 Å². The van der Waals surface area contributed by atoms with E-state index < -0.39 is 11.9 Å². The highest BCUT2D eigenvalue weighted by Crippen LogP contribution is 2.36. The molecule has 20 heavy (non-hydrogen) atoms. The zero-order valence-electron chi connectivity index (χ0n) is 11.7. The Morgan fingerprint density at radius 2 is 2.10 bits per heavy atom. The molecular formula is C15H19NO4. The van der Waals surface area contributed by atoms with Crippen LogP contribution in [0.2, 0.25) is 0 Å². The van der Waals surface area contributed by atoms with Crippen LogP contribution in [0.3, 0.4) is 0 Å². The van der Waals surface area contributed by atoms with Gasteiger partial charge in [0.15, 0.2) is 0 Å². The summed E-state index contributed by atoms with van der Waals surface area (Å²) >= 11 is 0. The molecule has 0 spiro atoms. The van der Waals surface area contributed by atoms with E-state index in [1.54, 1.807) is 23.1 Å². The van der Waals surface area contributed by atoms with E-state index in [-0.39, 0.29) is 25.0 Å². The fraction of sp³-hybridized carbons (Fsp3) is 0.467. The molecule has 1 amide bonds. The van der Waals surface area contributed by atoms with Crippen LogP contribution >= 0.6 is 0 Å². The Bertz CT molecular complexity index is 512. The van der Waals surface area contributed by atoms with Crippen molar-refractivity contribution in [2.75, 3.05) is 18.1 Å². The number of hydrogen-bond donors (Lipinski definition) is 1. The van der Waals surface area contributed by atoms with Crippen molar-refractivity contribution < 1.29 is 19.4 Å². The van der Waals surface area contributed by atoms with Gasteiger partial charge in [-0.1, -0.05) is 18.2 Å². The lowest BCUT2D eigenvalue weighted by Gasteiger charge is -2.18. The van der Waals surface area contributed by atoms with Crippen LogP contribution in [0.25, 0.3) is 0 Å². The number of carbonyl (C=O) groups is 2. The molecule has 108 valence electrons. The van der Waals surface area contributed by atoms with E-state index >= 15 is 0 Å². The number of rotatable bonds is 5. The van der Waals surface area contributed by atoms with Gasteiger partial charge in [-0.3, -0.25) is 9.59 Å². The van der Waals surface area contributed by atoms with Crippen LogP contribution in [-0.2, 0) is 14.3 Å². The number of amides is 1. The third-order valence-electron chi connectivity index (χ3n) is 3.33. The molecule has 1 aromatic carbocycles. The maximum Gasteiger partial charge on any atom is 0.312 e. The summed E-state index contributed by atoms with van der Waals surface area (Å²) in [5.74, 6) is -1.63. The molecule has 5 heteroatoms. The average Bonchev–Trinajstić information content (AvgIpc) is 2.78. The molecule has 0 aromatic heterocycles. The third-order valence-corrected chi connectivity index (χ3v) is 3.33. The van der Waals surface area contributed by atoms with Gasteiger partial charge in [-0.15, -0.1) is 0 Å². The van der Waals surface area contributed by atoms with Crippen molar-refractivity contribution in [3.05, 3.63) is 29.8 Å². The second kappa shape index (κ2) is 6.05. The van der Waals surface area contributed by atoms with Crippen molar-refractivity contribution >= 4 is 17.6 Å². The molecule has 1 heterocycles. The summed E-state index contributed by atoms with van der Waals surface area (Å²) in [5, 5.41) is 9.25. The lowest BCUT2D eigenvalue weighted by Crippen LogP contribution is -2.32. The van der Waals surface area contributed by atoms with Crippen molar-refractivity contribution in [2.45, 2.75) is 32.3 Å². The number of anilines is 1. The number of carboxylic acid groups (broad SMARTS) is 1. The minimum absolute atomic E-state index is 0.0837. The van der Waals surface area contributed by atoms with Crippen LogP contribution in [0.4, 0.5) is 5.69 Å². The SMILES string of the molecule is CC(C)OCCC(=O)N1CC(C(=O)O)c2ccccc21. The van der Waals surface area contributed by atoms with Crippen molar-refractivity contribution in [1.82, 2.24) is 0 Å². The fourth-order valence-electron chi connectivity index (χ4n) is 2.37. The molecule has 0 saturated heterocycles. The van der Waals surface area contributed by atoms with E-state index in [2.05, 4.69) is 0 Å². The third kappa shape index (κ3) is 2.99. The van der Waals surface area contributed by atoms with Gasteiger partial charge in [0, 0.05) is 12.2 Å². The van der Waals surface area contributed by atoms with Gasteiger partial charge in [-0.05, 0) is 25.5 Å². The Hall–Kier alpha value is -1.88. The summed E-state index contributed by atoms with van der Waals surface area (Å²) in [6, 6.07) is 7.17. The molecule has 0 radical (unpaired) electrons. The maximum atomic E-state index is 12.2. The summed E-state index contributed by atoms with van der Waals surface area (Å²) in [7, 11) is 0. The Balaban J connectivity index is 2.10. The summed E-state index contributed by atoms with van der Waals surface area (Å²) in [4.78, 5) is 25.0. The normalized spacial score (nSPS) is 17.4. The molecule has 2 rings (SSSR count). The number of para-hydroxylation sites is 1. The average molecular weight is 277 g/mol. The Labute approximate surface area is 118 Å². The van der Waals surface area contributed by atoms with Crippen LogP contribution in [0.5, 0.6) is 0 Å². The predicted molar refractivity (Wildman–Crippen MR) is 74.9 cm³/mol. The first-order valence-electron chi connectivity index (χ1n) is 6.74. The number of nitrogens with zero attached hydrogens (tertiary/aromatic N) is 1. The molecule has 0 bridgehead atoms. The van der Waals surface area contributed by atoms with Crippen LogP contribution < -0.4 is 4.90 Å². The highest BCUT2D eigenvalue weighted by Gasteiger charge is 2.35. The van der Waals surface area contributed by atoms with Gasteiger partial charge in [0.2, 0.25) is 5.91 Å². The van der Waals surface area contributed by atoms with Crippen LogP contribution in [0.1, 0.15) is 31.7 Å². The molecule has 1 aliphatic rings. The molecule has 1 aliphatic heterocycles.